The van der Waals surface area contributed by atoms with Gasteiger partial charge in [-0.05, 0) is 18.6 Å². The van der Waals surface area contributed by atoms with E-state index in [4.69, 9.17) is 15.6 Å². The van der Waals surface area contributed by atoms with Gasteiger partial charge in [-0.3, -0.25) is 0 Å². The number of ether oxygens (including phenoxy) is 1. The van der Waals surface area contributed by atoms with Gasteiger partial charge < -0.3 is 20.5 Å². The summed E-state index contributed by atoms with van der Waals surface area (Å²) < 4.78 is 4.97. The summed E-state index contributed by atoms with van der Waals surface area (Å²) in [5.41, 5.74) is 7.02. The molecule has 17 heavy (non-hydrogen) atoms. The maximum Gasteiger partial charge on any atom is 0.337 e. The quantitative estimate of drug-likeness (QED) is 0.579. The minimum atomic E-state index is -1.00. The monoisotopic (exact) mass is 238 g/mol. The fourth-order valence-electron chi connectivity index (χ4n) is 1.64. The van der Waals surface area contributed by atoms with Crippen LogP contribution in [0.2, 0.25) is 0 Å². The van der Waals surface area contributed by atoms with Crippen LogP contribution in [0, 0.1) is 0 Å². The van der Waals surface area contributed by atoms with Crippen LogP contribution in [-0.4, -0.2) is 38.4 Å². The highest BCUT2D eigenvalue weighted by atomic mass is 16.5. The number of carbonyl (C=O) groups is 1. The second-order valence-corrected chi connectivity index (χ2v) is 3.81. The molecule has 0 amide bonds. The van der Waals surface area contributed by atoms with Gasteiger partial charge in [-0.15, -0.1) is 0 Å². The van der Waals surface area contributed by atoms with Crippen molar-refractivity contribution in [3.63, 3.8) is 0 Å². The van der Waals surface area contributed by atoms with E-state index in [0.29, 0.717) is 12.3 Å². The first kappa shape index (κ1) is 13.3. The van der Waals surface area contributed by atoms with Crippen molar-refractivity contribution < 1.29 is 14.6 Å². The number of nitrogens with two attached hydrogens (primary N) is 1. The Bertz CT molecular complexity index is 393. The fraction of sp³-hybridized carbons (Fsp3) is 0.417. The normalized spacial score (nSPS) is 10.2. The number of hydrogen-bond donors (Lipinski definition) is 2. The van der Waals surface area contributed by atoms with Crippen LogP contribution >= 0.6 is 0 Å². The number of nitrogens with zero attached hydrogens (tertiary/aromatic N) is 1. The Labute approximate surface area is 101 Å². The number of aromatic carboxylic acids is 1. The van der Waals surface area contributed by atoms with E-state index in [1.54, 1.807) is 13.2 Å². The number of carboxylic acid groups (broad SMARTS) is 1. The maximum atomic E-state index is 10.9. The van der Waals surface area contributed by atoms with Crippen LogP contribution in [0.15, 0.2) is 18.2 Å². The van der Waals surface area contributed by atoms with Crippen LogP contribution in [-0.2, 0) is 4.74 Å². The van der Waals surface area contributed by atoms with E-state index in [1.807, 2.05) is 18.0 Å². The Balaban J connectivity index is 2.83. The van der Waals surface area contributed by atoms with Gasteiger partial charge in [0.2, 0.25) is 0 Å². The first-order chi connectivity index (χ1) is 8.07. The topological polar surface area (TPSA) is 75.8 Å². The molecule has 0 fully saturated rings. The van der Waals surface area contributed by atoms with Crippen molar-refractivity contribution >= 4 is 17.3 Å². The Morgan fingerprint density at radius 2 is 2.24 bits per heavy atom. The summed E-state index contributed by atoms with van der Waals surface area (Å²) in [6, 6.07) is 5.01. The summed E-state index contributed by atoms with van der Waals surface area (Å²) in [4.78, 5) is 12.9. The molecule has 0 aliphatic rings. The molecule has 5 nitrogen and oxygen atoms in total. The molecule has 1 rings (SSSR count). The van der Waals surface area contributed by atoms with Gasteiger partial charge in [0.25, 0.3) is 0 Å². The highest BCUT2D eigenvalue weighted by molar-refractivity contribution is 5.97. The van der Waals surface area contributed by atoms with Crippen LogP contribution in [0.3, 0.4) is 0 Å². The molecule has 3 N–H and O–H groups in total. The van der Waals surface area contributed by atoms with Crippen molar-refractivity contribution in [2.75, 3.05) is 37.9 Å². The summed E-state index contributed by atoms with van der Waals surface area (Å²) in [6.07, 6.45) is 0.865. The highest BCUT2D eigenvalue weighted by Crippen LogP contribution is 2.25. The lowest BCUT2D eigenvalue weighted by Gasteiger charge is -2.21. The number of hydrogen-bond acceptors (Lipinski definition) is 4. The third kappa shape index (κ3) is 3.35. The van der Waals surface area contributed by atoms with Gasteiger partial charge in [-0.25, -0.2) is 4.79 Å². The van der Waals surface area contributed by atoms with E-state index in [9.17, 15) is 4.79 Å². The molecule has 0 unspecified atom stereocenters. The Hall–Kier alpha value is -1.75. The Morgan fingerprint density at radius 3 is 2.82 bits per heavy atom. The van der Waals surface area contributed by atoms with E-state index in [2.05, 4.69) is 0 Å². The smallest absolute Gasteiger partial charge is 0.337 e. The number of methoxy groups -OCH3 is 1. The molecule has 5 heteroatoms. The molecule has 0 aliphatic heterocycles. The average molecular weight is 238 g/mol. The molecule has 94 valence electrons. The molecular weight excluding hydrogens is 220 g/mol. The summed E-state index contributed by atoms with van der Waals surface area (Å²) in [6.45, 7) is 1.43. The van der Waals surface area contributed by atoms with Crippen molar-refractivity contribution in [2.45, 2.75) is 6.42 Å². The lowest BCUT2D eigenvalue weighted by atomic mass is 10.1. The third-order valence-electron chi connectivity index (χ3n) is 2.57. The minimum absolute atomic E-state index is 0.140. The Morgan fingerprint density at radius 1 is 1.53 bits per heavy atom. The number of nitrogen functional groups attached to an aromatic ring is 1. The van der Waals surface area contributed by atoms with Crippen LogP contribution < -0.4 is 10.6 Å². The van der Waals surface area contributed by atoms with Crippen LogP contribution in [0.1, 0.15) is 16.8 Å². The largest absolute Gasteiger partial charge is 0.478 e. The molecule has 0 saturated carbocycles. The van der Waals surface area contributed by atoms with Crippen molar-refractivity contribution in [1.29, 1.82) is 0 Å². The van der Waals surface area contributed by atoms with Crippen molar-refractivity contribution in [3.8, 4) is 0 Å². The summed E-state index contributed by atoms with van der Waals surface area (Å²) in [7, 11) is 3.53. The maximum absolute atomic E-state index is 10.9. The first-order valence-electron chi connectivity index (χ1n) is 5.39. The molecule has 0 spiro atoms. The zero-order valence-corrected chi connectivity index (χ0v) is 10.1. The zero-order valence-electron chi connectivity index (χ0n) is 10.1. The molecule has 0 aliphatic carbocycles. The van der Waals surface area contributed by atoms with E-state index >= 15 is 0 Å². The van der Waals surface area contributed by atoms with Gasteiger partial charge >= 0.3 is 5.97 Å². The number of para-hydroxylation sites is 1. The van der Waals surface area contributed by atoms with Crippen molar-refractivity contribution in [1.82, 2.24) is 0 Å². The predicted molar refractivity (Wildman–Crippen MR) is 67.6 cm³/mol. The standard InChI is InChI=1S/C12H18N2O3/c1-14(7-4-8-17-2)10-6-3-5-9(11(10)13)12(15)16/h3,5-6H,4,7-8,13H2,1-2H3,(H,15,16). The number of carboxylic acids is 1. The van der Waals surface area contributed by atoms with E-state index < -0.39 is 5.97 Å². The van der Waals surface area contributed by atoms with E-state index in [1.165, 1.54) is 6.07 Å². The van der Waals surface area contributed by atoms with Gasteiger partial charge in [-0.1, -0.05) is 6.07 Å². The first-order valence-corrected chi connectivity index (χ1v) is 5.39. The van der Waals surface area contributed by atoms with Gasteiger partial charge in [-0.2, -0.15) is 0 Å². The number of anilines is 2. The summed E-state index contributed by atoms with van der Waals surface area (Å²) in [5.74, 6) is -1.00. The zero-order chi connectivity index (χ0) is 12.8. The molecular formula is C12H18N2O3. The molecule has 0 heterocycles. The lowest BCUT2D eigenvalue weighted by Crippen LogP contribution is -2.21. The minimum Gasteiger partial charge on any atom is -0.478 e. The Kier molecular flexibility index (Phi) is 4.78. The molecule has 0 bridgehead atoms. The van der Waals surface area contributed by atoms with Gasteiger partial charge in [0.1, 0.15) is 0 Å². The van der Waals surface area contributed by atoms with Gasteiger partial charge in [0.15, 0.2) is 0 Å². The average Bonchev–Trinajstić information content (AvgIpc) is 2.29. The number of benzene rings is 1. The van der Waals surface area contributed by atoms with E-state index in [-0.39, 0.29) is 5.56 Å². The van der Waals surface area contributed by atoms with Gasteiger partial charge in [0, 0.05) is 27.3 Å². The summed E-state index contributed by atoms with van der Waals surface area (Å²) in [5, 5.41) is 8.97. The lowest BCUT2D eigenvalue weighted by molar-refractivity contribution is 0.0698. The van der Waals surface area contributed by atoms with Crippen LogP contribution in [0.25, 0.3) is 0 Å². The van der Waals surface area contributed by atoms with Crippen LogP contribution in [0.5, 0.6) is 0 Å². The number of rotatable bonds is 6. The summed E-state index contributed by atoms with van der Waals surface area (Å²) >= 11 is 0. The fourth-order valence-corrected chi connectivity index (χ4v) is 1.64. The molecule has 1 aromatic rings. The van der Waals surface area contributed by atoms with Gasteiger partial charge in [0.05, 0.1) is 16.9 Å². The second-order valence-electron chi connectivity index (χ2n) is 3.81. The molecule has 0 radical (unpaired) electrons. The molecule has 1 aromatic carbocycles. The molecule has 0 saturated heterocycles. The predicted octanol–water partition coefficient (Wildman–Crippen LogP) is 1.44. The second kappa shape index (κ2) is 6.10. The van der Waals surface area contributed by atoms with Crippen LogP contribution in [0.4, 0.5) is 11.4 Å². The third-order valence-corrected chi connectivity index (χ3v) is 2.57. The van der Waals surface area contributed by atoms with Crippen molar-refractivity contribution in [2.24, 2.45) is 0 Å². The highest BCUT2D eigenvalue weighted by Gasteiger charge is 2.13. The molecule has 0 atom stereocenters. The van der Waals surface area contributed by atoms with E-state index in [0.717, 1.165) is 18.7 Å². The molecule has 0 aromatic heterocycles. The van der Waals surface area contributed by atoms with Crippen molar-refractivity contribution in [3.05, 3.63) is 23.8 Å². The SMILES string of the molecule is COCCCN(C)c1cccc(C(=O)O)c1N.